The molecule has 1 fully saturated rings. The van der Waals surface area contributed by atoms with E-state index in [1.54, 1.807) is 0 Å². The van der Waals surface area contributed by atoms with Gasteiger partial charge in [0, 0.05) is 11.1 Å². The number of halogens is 1. The van der Waals surface area contributed by atoms with Crippen molar-refractivity contribution in [3.63, 3.8) is 0 Å². The third kappa shape index (κ3) is 3.25. The fraction of sp³-hybridized carbons (Fsp3) is 0.500. The van der Waals surface area contributed by atoms with Gasteiger partial charge in [0.05, 0.1) is 11.0 Å². The number of ether oxygens (including phenoxy) is 1. The summed E-state index contributed by atoms with van der Waals surface area (Å²) in [5.74, 6) is 0. The Bertz CT molecular complexity index is 542. The van der Waals surface area contributed by atoms with E-state index in [4.69, 9.17) is 16.3 Å². The van der Waals surface area contributed by atoms with E-state index in [1.807, 2.05) is 0 Å². The molecule has 2 rings (SSSR count). The van der Waals surface area contributed by atoms with Gasteiger partial charge in [-0.1, -0.05) is 11.6 Å². The average molecular weight is 319 g/mol. The molecule has 0 bridgehead atoms. The highest BCUT2D eigenvalue weighted by atomic mass is 35.5. The number of rotatable bonds is 3. The zero-order chi connectivity index (χ0) is 15.7. The summed E-state index contributed by atoms with van der Waals surface area (Å²) in [6, 6.07) is 3.98. The van der Waals surface area contributed by atoms with Crippen molar-refractivity contribution >= 4 is 23.0 Å². The van der Waals surface area contributed by atoms with E-state index in [0.717, 1.165) is 6.07 Å². The molecule has 0 aliphatic carbocycles. The molecule has 1 aliphatic heterocycles. The molecule has 0 radical (unpaired) electrons. The standard InChI is InChI=1S/C12H15ClN2O6/c1-5-9(16)10(17)11(18)12(21-5)14-7-3-2-6(13)4-8(7)15(19)20/h2-5,9-12,14,16-18H,1H3/t5-,9-,10+,11+,12+/m1/s1. The topological polar surface area (TPSA) is 125 Å². The van der Waals surface area contributed by atoms with Crippen molar-refractivity contribution in [1.82, 2.24) is 0 Å². The van der Waals surface area contributed by atoms with Crippen LogP contribution in [0.25, 0.3) is 0 Å². The van der Waals surface area contributed by atoms with Crippen LogP contribution in [0.3, 0.4) is 0 Å². The number of nitro groups is 1. The molecule has 116 valence electrons. The predicted octanol–water partition coefficient (Wildman–Crippen LogP) is 0.488. The third-order valence-electron chi connectivity index (χ3n) is 3.31. The number of aliphatic hydroxyl groups is 3. The minimum absolute atomic E-state index is 0.0873. The lowest BCUT2D eigenvalue weighted by atomic mass is 9.99. The zero-order valence-corrected chi connectivity index (χ0v) is 11.8. The maximum absolute atomic E-state index is 11.0. The second-order valence-corrected chi connectivity index (χ2v) is 5.23. The second kappa shape index (κ2) is 6.12. The van der Waals surface area contributed by atoms with Crippen LogP contribution in [-0.2, 0) is 4.74 Å². The van der Waals surface area contributed by atoms with Gasteiger partial charge in [0.1, 0.15) is 24.0 Å². The fourth-order valence-electron chi connectivity index (χ4n) is 2.10. The Hall–Kier alpha value is -1.45. The first-order valence-corrected chi connectivity index (χ1v) is 6.59. The Morgan fingerprint density at radius 3 is 2.57 bits per heavy atom. The molecule has 0 saturated carbocycles. The van der Waals surface area contributed by atoms with Gasteiger partial charge in [-0.25, -0.2) is 0 Å². The quantitative estimate of drug-likeness (QED) is 0.472. The summed E-state index contributed by atoms with van der Waals surface area (Å²) in [6.07, 6.45) is -5.94. The number of benzene rings is 1. The second-order valence-electron chi connectivity index (χ2n) is 4.80. The lowest BCUT2D eigenvalue weighted by molar-refractivity contribution is -0.384. The van der Waals surface area contributed by atoms with E-state index in [2.05, 4.69) is 5.32 Å². The summed E-state index contributed by atoms with van der Waals surface area (Å²) in [5, 5.41) is 43.0. The number of hydrogen-bond acceptors (Lipinski definition) is 7. The number of hydrogen-bond donors (Lipinski definition) is 4. The van der Waals surface area contributed by atoms with Crippen LogP contribution in [0, 0.1) is 10.1 Å². The van der Waals surface area contributed by atoms with E-state index in [9.17, 15) is 25.4 Å². The van der Waals surface area contributed by atoms with Crippen LogP contribution < -0.4 is 5.32 Å². The van der Waals surface area contributed by atoms with Crippen LogP contribution in [0.5, 0.6) is 0 Å². The van der Waals surface area contributed by atoms with Gasteiger partial charge in [0.2, 0.25) is 0 Å². The highest BCUT2D eigenvalue weighted by Crippen LogP contribution is 2.30. The lowest BCUT2D eigenvalue weighted by Crippen LogP contribution is -2.58. The third-order valence-corrected chi connectivity index (χ3v) is 3.54. The average Bonchev–Trinajstić information content (AvgIpc) is 2.44. The van der Waals surface area contributed by atoms with Crippen molar-refractivity contribution < 1.29 is 25.0 Å². The molecule has 1 saturated heterocycles. The highest BCUT2D eigenvalue weighted by Gasteiger charge is 2.42. The Labute approximate surface area is 125 Å². The van der Waals surface area contributed by atoms with Gasteiger partial charge in [-0.15, -0.1) is 0 Å². The van der Waals surface area contributed by atoms with Gasteiger partial charge in [0.15, 0.2) is 6.23 Å². The van der Waals surface area contributed by atoms with Gasteiger partial charge in [0.25, 0.3) is 5.69 Å². The van der Waals surface area contributed by atoms with E-state index < -0.39 is 35.6 Å². The number of nitrogens with zero attached hydrogens (tertiary/aromatic N) is 1. The molecule has 0 aromatic heterocycles. The van der Waals surface area contributed by atoms with Crippen molar-refractivity contribution in [3.8, 4) is 0 Å². The van der Waals surface area contributed by atoms with Crippen molar-refractivity contribution in [1.29, 1.82) is 0 Å². The maximum atomic E-state index is 11.0. The number of nitro benzene ring substituents is 1. The molecule has 4 N–H and O–H groups in total. The lowest BCUT2D eigenvalue weighted by Gasteiger charge is -2.39. The van der Waals surface area contributed by atoms with E-state index in [-0.39, 0.29) is 16.4 Å². The fourth-order valence-corrected chi connectivity index (χ4v) is 2.27. The van der Waals surface area contributed by atoms with Gasteiger partial charge in [-0.2, -0.15) is 0 Å². The number of aliphatic hydroxyl groups excluding tert-OH is 3. The van der Waals surface area contributed by atoms with Crippen molar-refractivity contribution in [2.45, 2.75) is 37.6 Å². The molecule has 0 unspecified atom stereocenters. The zero-order valence-electron chi connectivity index (χ0n) is 11.0. The molecule has 5 atom stereocenters. The Balaban J connectivity index is 2.24. The molecule has 1 aliphatic rings. The molecule has 9 heteroatoms. The Morgan fingerprint density at radius 1 is 1.29 bits per heavy atom. The first-order chi connectivity index (χ1) is 9.81. The highest BCUT2D eigenvalue weighted by molar-refractivity contribution is 6.30. The predicted molar refractivity (Wildman–Crippen MR) is 74.1 cm³/mol. The van der Waals surface area contributed by atoms with Gasteiger partial charge < -0.3 is 25.4 Å². The summed E-state index contributed by atoms with van der Waals surface area (Å²) in [4.78, 5) is 10.4. The normalized spacial score (nSPS) is 32.7. The largest absolute Gasteiger partial charge is 0.388 e. The molecule has 1 heterocycles. The summed E-state index contributed by atoms with van der Waals surface area (Å²) >= 11 is 5.71. The summed E-state index contributed by atoms with van der Waals surface area (Å²) < 4.78 is 5.32. The van der Waals surface area contributed by atoms with E-state index >= 15 is 0 Å². The van der Waals surface area contributed by atoms with E-state index in [0.29, 0.717) is 0 Å². The molecule has 8 nitrogen and oxygen atoms in total. The van der Waals surface area contributed by atoms with Gasteiger partial charge in [-0.05, 0) is 19.1 Å². The van der Waals surface area contributed by atoms with Crippen molar-refractivity contribution in [2.24, 2.45) is 0 Å². The molecular weight excluding hydrogens is 304 g/mol. The van der Waals surface area contributed by atoms with Crippen LogP contribution in [-0.4, -0.2) is 50.9 Å². The first-order valence-electron chi connectivity index (χ1n) is 6.21. The molecule has 1 aromatic rings. The van der Waals surface area contributed by atoms with Crippen LogP contribution in [0.15, 0.2) is 18.2 Å². The maximum Gasteiger partial charge on any atom is 0.293 e. The summed E-state index contributed by atoms with van der Waals surface area (Å²) in [5.41, 5.74) is -0.198. The number of anilines is 1. The summed E-state index contributed by atoms with van der Waals surface area (Å²) in [6.45, 7) is 1.52. The number of nitrogens with one attached hydrogen (secondary N) is 1. The SMILES string of the molecule is C[C@H]1O[C@H](Nc2ccc(Cl)cc2[N+](=O)[O-])[C@@H](O)[C@@H](O)[C@@H]1O. The smallest absolute Gasteiger partial charge is 0.293 e. The van der Waals surface area contributed by atoms with Gasteiger partial charge in [-0.3, -0.25) is 10.1 Å². The molecule has 0 spiro atoms. The van der Waals surface area contributed by atoms with Crippen LogP contribution >= 0.6 is 11.6 Å². The Kier molecular flexibility index (Phi) is 4.64. The van der Waals surface area contributed by atoms with Crippen LogP contribution in [0.4, 0.5) is 11.4 Å². The Morgan fingerprint density at radius 2 is 1.95 bits per heavy atom. The van der Waals surface area contributed by atoms with Crippen LogP contribution in [0.2, 0.25) is 5.02 Å². The summed E-state index contributed by atoms with van der Waals surface area (Å²) in [7, 11) is 0. The minimum atomic E-state index is -1.44. The van der Waals surface area contributed by atoms with Crippen molar-refractivity contribution in [3.05, 3.63) is 33.3 Å². The minimum Gasteiger partial charge on any atom is -0.388 e. The van der Waals surface area contributed by atoms with Gasteiger partial charge >= 0.3 is 0 Å². The molecule has 21 heavy (non-hydrogen) atoms. The molecule has 0 amide bonds. The monoisotopic (exact) mass is 318 g/mol. The van der Waals surface area contributed by atoms with E-state index in [1.165, 1.54) is 19.1 Å². The molecule has 1 aromatic carbocycles. The van der Waals surface area contributed by atoms with Crippen LogP contribution in [0.1, 0.15) is 6.92 Å². The van der Waals surface area contributed by atoms with Crippen molar-refractivity contribution in [2.75, 3.05) is 5.32 Å². The molecular formula is C12H15ClN2O6. The first kappa shape index (κ1) is 15.9.